The maximum Gasteiger partial charge on any atom is 0.232 e. The smallest absolute Gasteiger partial charge is 0.232 e. The number of ether oxygens (including phenoxy) is 1. The lowest BCUT2D eigenvalue weighted by Crippen LogP contribution is -2.60. The van der Waals surface area contributed by atoms with Gasteiger partial charge in [-0.15, -0.1) is 11.8 Å². The van der Waals surface area contributed by atoms with Crippen LogP contribution >= 0.6 is 11.8 Å². The van der Waals surface area contributed by atoms with Crippen molar-refractivity contribution in [2.24, 2.45) is 5.92 Å². The summed E-state index contributed by atoms with van der Waals surface area (Å²) in [7, 11) is 1.71. The van der Waals surface area contributed by atoms with Crippen LogP contribution in [0.1, 0.15) is 38.2 Å². The molecule has 1 aromatic carbocycles. The van der Waals surface area contributed by atoms with E-state index in [0.29, 0.717) is 40.8 Å². The van der Waals surface area contributed by atoms with Crippen LogP contribution in [0.5, 0.6) is 5.75 Å². The fourth-order valence-electron chi connectivity index (χ4n) is 5.17. The van der Waals surface area contributed by atoms with Crippen LogP contribution in [0.25, 0.3) is 0 Å². The van der Waals surface area contributed by atoms with Crippen LogP contribution < -0.4 is 4.74 Å². The van der Waals surface area contributed by atoms with Crippen molar-refractivity contribution >= 4 is 17.7 Å². The molecule has 0 spiro atoms. The average molecular weight is 375 g/mol. The minimum atomic E-state index is 0.337. The number of carbonyl (C=O) groups excluding carboxylic acids is 1. The zero-order valence-electron chi connectivity index (χ0n) is 16.1. The summed E-state index contributed by atoms with van der Waals surface area (Å²) in [5, 5.41) is 0.501. The molecular formula is C21H30N2O2S. The molecule has 5 rings (SSSR count). The van der Waals surface area contributed by atoms with Gasteiger partial charge in [-0.3, -0.25) is 9.69 Å². The molecule has 4 nitrogen and oxygen atoms in total. The van der Waals surface area contributed by atoms with E-state index in [2.05, 4.69) is 47.9 Å². The second kappa shape index (κ2) is 7.43. The molecule has 26 heavy (non-hydrogen) atoms. The number of piperidine rings is 3. The van der Waals surface area contributed by atoms with Gasteiger partial charge in [0.25, 0.3) is 0 Å². The van der Waals surface area contributed by atoms with E-state index in [1.807, 2.05) is 0 Å². The van der Waals surface area contributed by atoms with E-state index in [1.54, 1.807) is 18.9 Å². The van der Waals surface area contributed by atoms with Gasteiger partial charge in [-0.2, -0.15) is 0 Å². The molecule has 3 atom stereocenters. The van der Waals surface area contributed by atoms with Crippen molar-refractivity contribution < 1.29 is 9.53 Å². The van der Waals surface area contributed by atoms with Crippen molar-refractivity contribution in [3.63, 3.8) is 0 Å². The summed E-state index contributed by atoms with van der Waals surface area (Å²) in [6.45, 7) is 7.59. The van der Waals surface area contributed by atoms with Crippen molar-refractivity contribution in [1.29, 1.82) is 0 Å². The molecule has 4 aliphatic rings. The molecule has 0 unspecified atom stereocenters. The molecule has 1 amide bonds. The number of hydrogen-bond donors (Lipinski definition) is 0. The number of carbonyl (C=O) groups is 1. The standard InChI is InChI=1S/C21H30N2O2S/c1-14(2)26-13-19(24)23-12-18(15-4-6-17(25-3)7-5-15)21-20(23)16-8-10-22(21)11-9-16/h4-7,14,16,18,20-21H,8-13H2,1-3H3/t18-,20+,21+/m0/s1. The summed E-state index contributed by atoms with van der Waals surface area (Å²) in [4.78, 5) is 17.9. The summed E-state index contributed by atoms with van der Waals surface area (Å²) in [6.07, 6.45) is 2.50. The molecule has 0 aromatic heterocycles. The highest BCUT2D eigenvalue weighted by Crippen LogP contribution is 2.46. The maximum atomic E-state index is 13.0. The molecule has 4 fully saturated rings. The number of rotatable bonds is 5. The van der Waals surface area contributed by atoms with Crippen molar-refractivity contribution in [3.05, 3.63) is 29.8 Å². The van der Waals surface area contributed by atoms with Crippen molar-refractivity contribution in [1.82, 2.24) is 9.80 Å². The van der Waals surface area contributed by atoms with E-state index in [9.17, 15) is 4.79 Å². The number of nitrogens with zero attached hydrogens (tertiary/aromatic N) is 2. The molecule has 0 radical (unpaired) electrons. The maximum absolute atomic E-state index is 13.0. The van der Waals surface area contributed by atoms with Crippen molar-refractivity contribution in [3.8, 4) is 5.75 Å². The number of thioether (sulfide) groups is 1. The molecule has 4 heterocycles. The number of methoxy groups -OCH3 is 1. The van der Waals surface area contributed by atoms with Gasteiger partial charge in [-0.1, -0.05) is 26.0 Å². The molecule has 142 valence electrons. The third-order valence-electron chi connectivity index (χ3n) is 6.40. The zero-order chi connectivity index (χ0) is 18.3. The fourth-order valence-corrected chi connectivity index (χ4v) is 5.81. The van der Waals surface area contributed by atoms with Crippen LogP contribution in [0.3, 0.4) is 0 Å². The van der Waals surface area contributed by atoms with Gasteiger partial charge in [0.2, 0.25) is 5.91 Å². The van der Waals surface area contributed by atoms with E-state index >= 15 is 0 Å². The lowest BCUT2D eigenvalue weighted by Gasteiger charge is -2.51. The Labute approximate surface area is 161 Å². The van der Waals surface area contributed by atoms with Gasteiger partial charge in [-0.05, 0) is 54.8 Å². The Bertz CT molecular complexity index is 640. The number of amides is 1. The average Bonchev–Trinajstić information content (AvgIpc) is 3.10. The molecule has 0 N–H and O–H groups in total. The Morgan fingerprint density at radius 1 is 1.19 bits per heavy atom. The first-order chi connectivity index (χ1) is 12.6. The number of benzene rings is 1. The third-order valence-corrected chi connectivity index (χ3v) is 7.48. The number of fused-ring (bicyclic) bond motifs is 2. The molecule has 5 heteroatoms. The highest BCUT2D eigenvalue weighted by atomic mass is 32.2. The fraction of sp³-hybridized carbons (Fsp3) is 0.667. The first kappa shape index (κ1) is 18.2. The summed E-state index contributed by atoms with van der Waals surface area (Å²) in [5.74, 6) is 2.95. The second-order valence-corrected chi connectivity index (χ2v) is 9.70. The Morgan fingerprint density at radius 2 is 1.88 bits per heavy atom. The minimum Gasteiger partial charge on any atom is -0.497 e. The summed E-state index contributed by atoms with van der Waals surface area (Å²) >= 11 is 1.77. The predicted molar refractivity (Wildman–Crippen MR) is 107 cm³/mol. The molecular weight excluding hydrogens is 344 g/mol. The van der Waals surface area contributed by atoms with E-state index in [1.165, 1.54) is 31.5 Å². The van der Waals surface area contributed by atoms with Crippen molar-refractivity contribution in [2.45, 2.75) is 49.9 Å². The molecule has 1 aromatic rings. The Hall–Kier alpha value is -1.20. The summed E-state index contributed by atoms with van der Waals surface area (Å²) in [5.41, 5.74) is 1.35. The highest BCUT2D eigenvalue weighted by molar-refractivity contribution is 8.00. The Balaban J connectivity index is 1.60. The second-order valence-electron chi connectivity index (χ2n) is 8.14. The van der Waals surface area contributed by atoms with Crippen LogP contribution in [0.15, 0.2) is 24.3 Å². The first-order valence-corrected chi connectivity index (χ1v) is 10.9. The largest absolute Gasteiger partial charge is 0.497 e. The molecule has 4 saturated heterocycles. The predicted octanol–water partition coefficient (Wildman–Crippen LogP) is 3.23. The normalized spacial score (nSPS) is 32.8. The van der Waals surface area contributed by atoms with E-state index in [-0.39, 0.29) is 0 Å². The van der Waals surface area contributed by atoms with Crippen LogP contribution in [0.4, 0.5) is 0 Å². The topological polar surface area (TPSA) is 32.8 Å². The first-order valence-electron chi connectivity index (χ1n) is 9.87. The monoisotopic (exact) mass is 374 g/mol. The van der Waals surface area contributed by atoms with E-state index < -0.39 is 0 Å². The molecule has 4 aliphatic heterocycles. The minimum absolute atomic E-state index is 0.337. The van der Waals surface area contributed by atoms with Gasteiger partial charge < -0.3 is 9.64 Å². The number of likely N-dealkylation sites (tertiary alicyclic amines) is 1. The third kappa shape index (κ3) is 3.24. The Kier molecular flexibility index (Phi) is 5.20. The highest BCUT2D eigenvalue weighted by Gasteiger charge is 2.54. The van der Waals surface area contributed by atoms with Crippen LogP contribution in [-0.2, 0) is 4.79 Å². The van der Waals surface area contributed by atoms with Gasteiger partial charge in [0.05, 0.1) is 18.9 Å². The van der Waals surface area contributed by atoms with E-state index in [0.717, 1.165) is 12.3 Å². The zero-order valence-corrected chi connectivity index (χ0v) is 16.9. The van der Waals surface area contributed by atoms with Gasteiger partial charge in [0, 0.05) is 18.5 Å². The SMILES string of the molecule is COc1ccc([C@@H]2CN(C(=O)CSC(C)C)[C@@H]3C4CCN(CC4)[C@@H]32)cc1. The Morgan fingerprint density at radius 3 is 2.50 bits per heavy atom. The van der Waals surface area contributed by atoms with Crippen LogP contribution in [0.2, 0.25) is 0 Å². The van der Waals surface area contributed by atoms with Gasteiger partial charge in [0.1, 0.15) is 5.75 Å². The molecule has 0 aliphatic carbocycles. The lowest BCUT2D eigenvalue weighted by atomic mass is 9.75. The molecule has 2 bridgehead atoms. The van der Waals surface area contributed by atoms with Gasteiger partial charge in [-0.25, -0.2) is 0 Å². The quantitative estimate of drug-likeness (QED) is 0.792. The van der Waals surface area contributed by atoms with Crippen molar-refractivity contribution in [2.75, 3.05) is 32.5 Å². The number of hydrogen-bond acceptors (Lipinski definition) is 4. The molecule has 0 saturated carbocycles. The van der Waals surface area contributed by atoms with Crippen LogP contribution in [0, 0.1) is 5.92 Å². The summed E-state index contributed by atoms with van der Waals surface area (Å²) in [6, 6.07) is 9.40. The summed E-state index contributed by atoms with van der Waals surface area (Å²) < 4.78 is 5.32. The van der Waals surface area contributed by atoms with Gasteiger partial charge >= 0.3 is 0 Å². The lowest BCUT2D eigenvalue weighted by molar-refractivity contribution is -0.133. The van der Waals surface area contributed by atoms with Gasteiger partial charge in [0.15, 0.2) is 0 Å². The van der Waals surface area contributed by atoms with Crippen LogP contribution in [-0.4, -0.2) is 65.5 Å². The van der Waals surface area contributed by atoms with E-state index in [4.69, 9.17) is 4.74 Å².